The largest absolute Gasteiger partial charge is 0.478 e. The van der Waals surface area contributed by atoms with Gasteiger partial charge in [0.1, 0.15) is 5.82 Å². The lowest BCUT2D eigenvalue weighted by Crippen LogP contribution is -2.06. The molecule has 1 heterocycles. The van der Waals surface area contributed by atoms with Crippen LogP contribution >= 0.6 is 0 Å². The second-order valence-electron chi connectivity index (χ2n) is 7.26. The summed E-state index contributed by atoms with van der Waals surface area (Å²) in [6.45, 7) is 2.70. The van der Waals surface area contributed by atoms with E-state index in [4.69, 9.17) is 10.1 Å². The highest BCUT2D eigenvalue weighted by molar-refractivity contribution is 6.10. The molecule has 0 aliphatic carbocycles. The number of carbonyl (C=O) groups is 2. The molecule has 0 radical (unpaired) electrons. The summed E-state index contributed by atoms with van der Waals surface area (Å²) in [6, 6.07) is 21.8. The maximum Gasteiger partial charge on any atom is 0.335 e. The van der Waals surface area contributed by atoms with Gasteiger partial charge in [0.25, 0.3) is 0 Å². The predicted molar refractivity (Wildman–Crippen MR) is 116 cm³/mol. The summed E-state index contributed by atoms with van der Waals surface area (Å²) >= 11 is 0. The van der Waals surface area contributed by atoms with Crippen LogP contribution in [0.4, 0.5) is 0 Å². The first-order valence-corrected chi connectivity index (χ1v) is 9.98. The summed E-state index contributed by atoms with van der Waals surface area (Å²) in [5.74, 6) is 0.00406. The van der Waals surface area contributed by atoms with Crippen molar-refractivity contribution < 1.29 is 14.7 Å². The number of aromatic carboxylic acids is 1. The molecule has 0 bridgehead atoms. The highest BCUT2D eigenvalue weighted by atomic mass is 16.4. The molecule has 4 aromatic rings. The van der Waals surface area contributed by atoms with Gasteiger partial charge < -0.3 is 9.67 Å². The van der Waals surface area contributed by atoms with Crippen LogP contribution in [0.3, 0.4) is 0 Å². The van der Waals surface area contributed by atoms with E-state index >= 15 is 0 Å². The maximum atomic E-state index is 12.8. The molecular weight excluding hydrogens is 376 g/mol. The van der Waals surface area contributed by atoms with Gasteiger partial charge in [-0.1, -0.05) is 49.4 Å². The summed E-state index contributed by atoms with van der Waals surface area (Å²) < 4.78 is 2.14. The maximum absolute atomic E-state index is 12.8. The van der Waals surface area contributed by atoms with Crippen LogP contribution in [0.1, 0.15) is 51.0 Å². The normalized spacial score (nSPS) is 11.0. The van der Waals surface area contributed by atoms with E-state index in [-0.39, 0.29) is 11.3 Å². The van der Waals surface area contributed by atoms with E-state index in [1.54, 1.807) is 12.1 Å². The fourth-order valence-electron chi connectivity index (χ4n) is 3.60. The number of hydrogen-bond acceptors (Lipinski definition) is 3. The lowest BCUT2D eigenvalue weighted by atomic mass is 10.0. The number of nitrogens with zero attached hydrogens (tertiary/aromatic N) is 2. The van der Waals surface area contributed by atoms with E-state index in [2.05, 4.69) is 11.5 Å². The Morgan fingerprint density at radius 2 is 1.60 bits per heavy atom. The minimum Gasteiger partial charge on any atom is -0.478 e. The van der Waals surface area contributed by atoms with E-state index < -0.39 is 5.97 Å². The van der Waals surface area contributed by atoms with E-state index in [0.29, 0.717) is 17.7 Å². The number of carboxylic acid groups (broad SMARTS) is 1. The minimum atomic E-state index is -0.933. The molecule has 3 aromatic carbocycles. The zero-order valence-corrected chi connectivity index (χ0v) is 16.7. The molecule has 5 nitrogen and oxygen atoms in total. The Bertz CT molecular complexity index is 1210. The summed E-state index contributed by atoms with van der Waals surface area (Å²) in [7, 11) is 0. The zero-order chi connectivity index (χ0) is 21.1. The van der Waals surface area contributed by atoms with E-state index in [1.807, 2.05) is 60.7 Å². The molecule has 0 saturated carbocycles. The van der Waals surface area contributed by atoms with Gasteiger partial charge >= 0.3 is 5.97 Å². The molecule has 4 rings (SSSR count). The van der Waals surface area contributed by atoms with Crippen LogP contribution in [0.25, 0.3) is 11.0 Å². The number of ketones is 1. The monoisotopic (exact) mass is 398 g/mol. The number of fused-ring (bicyclic) bond motifs is 1. The molecule has 0 aliphatic heterocycles. The van der Waals surface area contributed by atoms with Crippen molar-refractivity contribution in [3.8, 4) is 0 Å². The van der Waals surface area contributed by atoms with Crippen molar-refractivity contribution in [1.82, 2.24) is 9.55 Å². The molecular formula is C25H22N2O3. The second-order valence-corrected chi connectivity index (χ2v) is 7.26. The van der Waals surface area contributed by atoms with Crippen molar-refractivity contribution >= 4 is 22.8 Å². The molecule has 0 aliphatic rings. The van der Waals surface area contributed by atoms with Gasteiger partial charge in [0, 0.05) is 24.1 Å². The molecule has 30 heavy (non-hydrogen) atoms. The van der Waals surface area contributed by atoms with Crippen molar-refractivity contribution in [2.75, 3.05) is 0 Å². The zero-order valence-electron chi connectivity index (χ0n) is 16.7. The molecule has 0 saturated heterocycles. The predicted octanol–water partition coefficient (Wildman–Crippen LogP) is 4.97. The molecule has 1 N–H and O–H groups in total. The Labute approximate surface area is 174 Å². The first-order valence-electron chi connectivity index (χ1n) is 9.98. The number of aromatic nitrogens is 2. The van der Waals surface area contributed by atoms with Gasteiger partial charge in [-0.15, -0.1) is 0 Å². The third kappa shape index (κ3) is 3.87. The van der Waals surface area contributed by atoms with Gasteiger partial charge in [-0.05, 0) is 42.3 Å². The van der Waals surface area contributed by atoms with E-state index in [9.17, 15) is 9.59 Å². The summed E-state index contributed by atoms with van der Waals surface area (Å²) in [6.07, 6.45) is 1.78. The Morgan fingerprint density at radius 1 is 0.900 bits per heavy atom. The average molecular weight is 398 g/mol. The number of carbonyl (C=O) groups excluding carboxylic acids is 1. The third-order valence-corrected chi connectivity index (χ3v) is 5.14. The van der Waals surface area contributed by atoms with Crippen LogP contribution in [0.15, 0.2) is 72.8 Å². The summed E-state index contributed by atoms with van der Waals surface area (Å²) in [4.78, 5) is 28.7. The number of carboxylic acids is 1. The fraction of sp³-hybridized carbons (Fsp3) is 0.160. The van der Waals surface area contributed by atoms with Gasteiger partial charge in [-0.2, -0.15) is 0 Å². The van der Waals surface area contributed by atoms with Gasteiger partial charge in [0.05, 0.1) is 16.6 Å². The molecule has 0 fully saturated rings. The molecule has 0 unspecified atom stereocenters. The molecule has 0 amide bonds. The Morgan fingerprint density at radius 3 is 2.27 bits per heavy atom. The number of benzene rings is 3. The first kappa shape index (κ1) is 19.6. The Hall–Kier alpha value is -3.73. The van der Waals surface area contributed by atoms with Crippen LogP contribution in [-0.4, -0.2) is 26.4 Å². The van der Waals surface area contributed by atoms with Gasteiger partial charge in [0.2, 0.25) is 0 Å². The summed E-state index contributed by atoms with van der Waals surface area (Å²) in [5.41, 5.74) is 4.30. The SMILES string of the molecule is CCCc1nc2cc(C(=O)c3ccccc3)ccc2n1Cc1ccc(C(=O)O)cc1. The van der Waals surface area contributed by atoms with Crippen molar-refractivity contribution in [1.29, 1.82) is 0 Å². The van der Waals surface area contributed by atoms with Crippen LogP contribution in [0.2, 0.25) is 0 Å². The van der Waals surface area contributed by atoms with Crippen molar-refractivity contribution in [3.05, 3.63) is 101 Å². The van der Waals surface area contributed by atoms with Gasteiger partial charge in [-0.3, -0.25) is 4.79 Å². The third-order valence-electron chi connectivity index (χ3n) is 5.14. The minimum absolute atomic E-state index is 0.0200. The van der Waals surface area contributed by atoms with E-state index in [1.165, 1.54) is 0 Å². The quantitative estimate of drug-likeness (QED) is 0.446. The first-order chi connectivity index (χ1) is 14.6. The van der Waals surface area contributed by atoms with Crippen LogP contribution in [0.5, 0.6) is 0 Å². The van der Waals surface area contributed by atoms with Crippen molar-refractivity contribution in [2.45, 2.75) is 26.3 Å². The second kappa shape index (κ2) is 8.33. The molecule has 5 heteroatoms. The number of aryl methyl sites for hydroxylation is 1. The van der Waals surface area contributed by atoms with Gasteiger partial charge in [-0.25, -0.2) is 9.78 Å². The van der Waals surface area contributed by atoms with Crippen LogP contribution in [-0.2, 0) is 13.0 Å². The lowest BCUT2D eigenvalue weighted by molar-refractivity contribution is 0.0696. The molecule has 150 valence electrons. The van der Waals surface area contributed by atoms with Crippen molar-refractivity contribution in [2.24, 2.45) is 0 Å². The van der Waals surface area contributed by atoms with Gasteiger partial charge in [0.15, 0.2) is 5.78 Å². The van der Waals surface area contributed by atoms with E-state index in [0.717, 1.165) is 35.3 Å². The average Bonchev–Trinajstić information content (AvgIpc) is 3.10. The summed E-state index contributed by atoms with van der Waals surface area (Å²) in [5, 5.41) is 9.10. The molecule has 0 spiro atoms. The standard InChI is InChI=1S/C25H22N2O3/c1-2-6-23-26-21-15-20(24(28)18-7-4-3-5-8-18)13-14-22(21)27(23)16-17-9-11-19(12-10-17)25(29)30/h3-5,7-15H,2,6,16H2,1H3,(H,29,30). The molecule has 1 aromatic heterocycles. The fourth-order valence-corrected chi connectivity index (χ4v) is 3.60. The van der Waals surface area contributed by atoms with Crippen LogP contribution < -0.4 is 0 Å². The topological polar surface area (TPSA) is 72.2 Å². The lowest BCUT2D eigenvalue weighted by Gasteiger charge is -2.10. The Balaban J connectivity index is 1.71. The highest BCUT2D eigenvalue weighted by Gasteiger charge is 2.15. The number of imidazole rings is 1. The smallest absolute Gasteiger partial charge is 0.335 e. The van der Waals surface area contributed by atoms with Crippen LogP contribution in [0, 0.1) is 0 Å². The number of rotatable bonds is 7. The molecule has 0 atom stereocenters. The number of hydrogen-bond donors (Lipinski definition) is 1. The highest BCUT2D eigenvalue weighted by Crippen LogP contribution is 2.22. The van der Waals surface area contributed by atoms with Crippen molar-refractivity contribution in [3.63, 3.8) is 0 Å². The Kier molecular flexibility index (Phi) is 5.44.